The Morgan fingerprint density at radius 3 is 2.27 bits per heavy atom. The van der Waals surface area contributed by atoms with Crippen LogP contribution < -0.4 is 10.6 Å². The van der Waals surface area contributed by atoms with Crippen molar-refractivity contribution in [3.05, 3.63) is 35.4 Å². The van der Waals surface area contributed by atoms with E-state index in [1.54, 1.807) is 0 Å². The summed E-state index contributed by atoms with van der Waals surface area (Å²) in [6, 6.07) is 9.41. The average molecular weight is 414 g/mol. The van der Waals surface area contributed by atoms with E-state index in [0.717, 1.165) is 25.0 Å². The Hall–Kier alpha value is -1.59. The molecule has 1 aromatic rings. The monoisotopic (exact) mass is 413 g/mol. The van der Waals surface area contributed by atoms with E-state index in [9.17, 15) is 0 Å². The van der Waals surface area contributed by atoms with Gasteiger partial charge in [0.25, 0.3) is 0 Å². The zero-order valence-electron chi connectivity index (χ0n) is 19.5. The van der Waals surface area contributed by atoms with Crippen LogP contribution in [0.25, 0.3) is 0 Å². The Morgan fingerprint density at radius 2 is 1.63 bits per heavy atom. The molecule has 3 rings (SSSR count). The molecule has 0 spiro atoms. The molecule has 168 valence electrons. The van der Waals surface area contributed by atoms with Crippen molar-refractivity contribution in [2.24, 2.45) is 10.9 Å². The predicted molar refractivity (Wildman–Crippen MR) is 128 cm³/mol. The molecular weight excluding hydrogens is 370 g/mol. The van der Waals surface area contributed by atoms with Gasteiger partial charge in [0.1, 0.15) is 0 Å². The van der Waals surface area contributed by atoms with Gasteiger partial charge in [-0.3, -0.25) is 9.89 Å². The number of nitrogens with zero attached hydrogens (tertiary/aromatic N) is 3. The maximum absolute atomic E-state index is 4.49. The van der Waals surface area contributed by atoms with E-state index < -0.39 is 0 Å². The molecule has 2 N–H and O–H groups in total. The predicted octanol–water partition coefficient (Wildman–Crippen LogP) is 3.85. The van der Waals surface area contributed by atoms with E-state index in [4.69, 9.17) is 0 Å². The van der Waals surface area contributed by atoms with Crippen LogP contribution in [0.15, 0.2) is 29.3 Å². The van der Waals surface area contributed by atoms with Gasteiger partial charge in [0, 0.05) is 45.8 Å². The Balaban J connectivity index is 1.48. The molecule has 1 aromatic carbocycles. The Kier molecular flexibility index (Phi) is 9.47. The third kappa shape index (κ3) is 7.59. The summed E-state index contributed by atoms with van der Waals surface area (Å²) >= 11 is 0. The minimum atomic E-state index is 0.520. The quantitative estimate of drug-likeness (QED) is 0.526. The van der Waals surface area contributed by atoms with E-state index in [1.165, 1.54) is 82.4 Å². The second-order valence-electron chi connectivity index (χ2n) is 9.50. The lowest BCUT2D eigenvalue weighted by atomic mass is 10.0. The van der Waals surface area contributed by atoms with Crippen LogP contribution in [0, 0.1) is 5.92 Å². The first-order chi connectivity index (χ1) is 14.6. The number of rotatable bonds is 7. The van der Waals surface area contributed by atoms with Gasteiger partial charge in [-0.1, -0.05) is 51.0 Å². The largest absolute Gasteiger partial charge is 0.354 e. The van der Waals surface area contributed by atoms with Gasteiger partial charge in [-0.05, 0) is 55.8 Å². The molecular formula is C25H43N5. The SMILES string of the molecule is CN=C(NCc1ccccc1CN1CCCCCC1)NC1CCN(CC(C)C)CC1. The number of hydrogen-bond acceptors (Lipinski definition) is 3. The topological polar surface area (TPSA) is 42.9 Å². The Labute approximate surface area is 184 Å². The van der Waals surface area contributed by atoms with Crippen molar-refractivity contribution in [3.63, 3.8) is 0 Å². The minimum Gasteiger partial charge on any atom is -0.354 e. The van der Waals surface area contributed by atoms with E-state index in [1.807, 2.05) is 7.05 Å². The lowest BCUT2D eigenvalue weighted by Crippen LogP contribution is -2.49. The summed E-state index contributed by atoms with van der Waals surface area (Å²) in [7, 11) is 1.88. The summed E-state index contributed by atoms with van der Waals surface area (Å²) < 4.78 is 0. The van der Waals surface area contributed by atoms with Gasteiger partial charge in [-0.25, -0.2) is 0 Å². The standard InChI is InChI=1S/C25H43N5/c1-21(2)19-30-16-12-24(13-17-30)28-25(26-3)27-18-22-10-6-7-11-23(22)20-29-14-8-4-5-9-15-29/h6-7,10-11,21,24H,4-5,8-9,12-20H2,1-3H3,(H2,26,27,28). The number of guanidine groups is 1. The zero-order valence-corrected chi connectivity index (χ0v) is 19.5. The van der Waals surface area contributed by atoms with Gasteiger partial charge in [0.15, 0.2) is 5.96 Å². The number of aliphatic imine (C=N–C) groups is 1. The summed E-state index contributed by atoms with van der Waals surface area (Å²) in [5.74, 6) is 1.68. The van der Waals surface area contributed by atoms with Crippen LogP contribution in [0.4, 0.5) is 0 Å². The molecule has 0 amide bonds. The zero-order chi connectivity index (χ0) is 21.2. The number of hydrogen-bond donors (Lipinski definition) is 2. The highest BCUT2D eigenvalue weighted by molar-refractivity contribution is 5.80. The highest BCUT2D eigenvalue weighted by atomic mass is 15.2. The number of benzene rings is 1. The third-order valence-electron chi connectivity index (χ3n) is 6.43. The molecule has 5 nitrogen and oxygen atoms in total. The van der Waals surface area contributed by atoms with Crippen molar-refractivity contribution >= 4 is 5.96 Å². The third-order valence-corrected chi connectivity index (χ3v) is 6.43. The highest BCUT2D eigenvalue weighted by Gasteiger charge is 2.20. The van der Waals surface area contributed by atoms with Crippen LogP contribution in [0.2, 0.25) is 0 Å². The van der Waals surface area contributed by atoms with Gasteiger partial charge in [0.2, 0.25) is 0 Å². The van der Waals surface area contributed by atoms with Gasteiger partial charge < -0.3 is 15.5 Å². The van der Waals surface area contributed by atoms with Crippen LogP contribution in [-0.2, 0) is 13.1 Å². The molecule has 2 saturated heterocycles. The fourth-order valence-corrected chi connectivity index (χ4v) is 4.76. The summed E-state index contributed by atoms with van der Waals surface area (Å²) in [6.45, 7) is 12.6. The van der Waals surface area contributed by atoms with Crippen LogP contribution >= 0.6 is 0 Å². The van der Waals surface area contributed by atoms with Crippen LogP contribution in [0.3, 0.4) is 0 Å². The molecule has 0 aromatic heterocycles. The van der Waals surface area contributed by atoms with Crippen LogP contribution in [-0.4, -0.2) is 61.6 Å². The van der Waals surface area contributed by atoms with Crippen LogP contribution in [0.5, 0.6) is 0 Å². The fraction of sp³-hybridized carbons (Fsp3) is 0.720. The van der Waals surface area contributed by atoms with Crippen molar-refractivity contribution in [1.82, 2.24) is 20.4 Å². The molecule has 30 heavy (non-hydrogen) atoms. The Bertz CT molecular complexity index is 641. The van der Waals surface area contributed by atoms with Gasteiger partial charge in [0.05, 0.1) is 0 Å². The molecule has 0 unspecified atom stereocenters. The molecule has 0 aliphatic carbocycles. The van der Waals surface area contributed by atoms with Gasteiger partial charge in [-0.15, -0.1) is 0 Å². The van der Waals surface area contributed by atoms with E-state index in [0.29, 0.717) is 6.04 Å². The fourth-order valence-electron chi connectivity index (χ4n) is 4.76. The summed E-state index contributed by atoms with van der Waals surface area (Å²) in [6.07, 6.45) is 7.84. The lowest BCUT2D eigenvalue weighted by Gasteiger charge is -2.34. The van der Waals surface area contributed by atoms with E-state index in [2.05, 4.69) is 63.5 Å². The molecule has 0 saturated carbocycles. The van der Waals surface area contributed by atoms with Crippen LogP contribution in [0.1, 0.15) is 63.5 Å². The van der Waals surface area contributed by atoms with Crippen molar-refractivity contribution in [2.45, 2.75) is 71.5 Å². The van der Waals surface area contributed by atoms with Gasteiger partial charge in [-0.2, -0.15) is 0 Å². The molecule has 0 radical (unpaired) electrons. The Morgan fingerprint density at radius 1 is 0.967 bits per heavy atom. The molecule has 2 aliphatic rings. The maximum atomic E-state index is 4.49. The molecule has 2 aliphatic heterocycles. The normalized spacial score (nSPS) is 20.3. The van der Waals surface area contributed by atoms with E-state index in [-0.39, 0.29) is 0 Å². The second-order valence-corrected chi connectivity index (χ2v) is 9.50. The minimum absolute atomic E-state index is 0.520. The molecule has 0 bridgehead atoms. The van der Waals surface area contributed by atoms with Gasteiger partial charge >= 0.3 is 0 Å². The van der Waals surface area contributed by atoms with Crippen molar-refractivity contribution < 1.29 is 0 Å². The number of nitrogens with one attached hydrogen (secondary N) is 2. The first-order valence-corrected chi connectivity index (χ1v) is 12.1. The van der Waals surface area contributed by atoms with E-state index >= 15 is 0 Å². The summed E-state index contributed by atoms with van der Waals surface area (Å²) in [4.78, 5) is 9.72. The summed E-state index contributed by atoms with van der Waals surface area (Å²) in [5.41, 5.74) is 2.83. The maximum Gasteiger partial charge on any atom is 0.191 e. The molecule has 2 heterocycles. The molecule has 5 heteroatoms. The van der Waals surface area contributed by atoms with Crippen molar-refractivity contribution in [1.29, 1.82) is 0 Å². The number of piperidine rings is 1. The highest BCUT2D eigenvalue weighted by Crippen LogP contribution is 2.16. The molecule has 2 fully saturated rings. The first-order valence-electron chi connectivity index (χ1n) is 12.1. The second kappa shape index (κ2) is 12.3. The average Bonchev–Trinajstić information content (AvgIpc) is 3.01. The number of likely N-dealkylation sites (tertiary alicyclic amines) is 2. The van der Waals surface area contributed by atoms with Crippen molar-refractivity contribution in [3.8, 4) is 0 Å². The summed E-state index contributed by atoms with van der Waals surface area (Å²) in [5, 5.41) is 7.23. The first kappa shape index (κ1) is 23.1. The van der Waals surface area contributed by atoms with Crippen molar-refractivity contribution in [2.75, 3.05) is 39.8 Å². The lowest BCUT2D eigenvalue weighted by molar-refractivity contribution is 0.187. The molecule has 0 atom stereocenters. The smallest absolute Gasteiger partial charge is 0.191 e.